The molecule has 2 aliphatic heterocycles. The van der Waals surface area contributed by atoms with Crippen LogP contribution in [0.1, 0.15) is 43.7 Å². The largest absolute Gasteiger partial charge is 0.493 e. The summed E-state index contributed by atoms with van der Waals surface area (Å²) in [4.78, 5) is 15.2. The van der Waals surface area contributed by atoms with Gasteiger partial charge in [-0.25, -0.2) is 0 Å². The van der Waals surface area contributed by atoms with Crippen LogP contribution in [-0.2, 0) is 26.6 Å². The maximum absolute atomic E-state index is 13.5. The number of nitrogens with zero attached hydrogens (tertiary/aromatic N) is 1. The van der Waals surface area contributed by atoms with Crippen molar-refractivity contribution in [1.82, 2.24) is 0 Å². The summed E-state index contributed by atoms with van der Waals surface area (Å²) in [7, 11) is 0. The molecule has 0 atom stereocenters. The van der Waals surface area contributed by atoms with Crippen LogP contribution in [0, 0.1) is 0 Å². The van der Waals surface area contributed by atoms with Gasteiger partial charge in [-0.1, -0.05) is 49.6 Å². The fraction of sp³-hybridized carbons (Fsp3) is 0.435. The quantitative estimate of drug-likeness (QED) is 0.594. The number of carbonyl (C=O) groups excluding carboxylic acids is 1. The van der Waals surface area contributed by atoms with Gasteiger partial charge in [0.1, 0.15) is 5.75 Å². The summed E-state index contributed by atoms with van der Waals surface area (Å²) in [6.45, 7) is 4.17. The molecule has 1 spiro atoms. The van der Waals surface area contributed by atoms with Crippen molar-refractivity contribution >= 4 is 23.2 Å². The first-order valence-electron chi connectivity index (χ1n) is 10.3. The highest BCUT2D eigenvalue weighted by Crippen LogP contribution is 2.47. The molecule has 2 aromatic rings. The number of benzene rings is 2. The van der Waals surface area contributed by atoms with Gasteiger partial charge in [0.25, 0.3) is 11.7 Å². The number of para-hydroxylation sites is 1. The zero-order chi connectivity index (χ0) is 20.3. The minimum atomic E-state index is -1.39. The van der Waals surface area contributed by atoms with Crippen molar-refractivity contribution in [2.45, 2.75) is 44.9 Å². The Kier molecular flexibility index (Phi) is 6.09. The van der Waals surface area contributed by atoms with E-state index in [1.165, 1.54) is 0 Å². The highest BCUT2D eigenvalue weighted by atomic mass is 35.5. The van der Waals surface area contributed by atoms with Gasteiger partial charge in [0.2, 0.25) is 0 Å². The topological polar surface area (TPSA) is 48.0 Å². The molecule has 1 saturated heterocycles. The standard InChI is InChI=1S/C23H26ClNO4/c1-2-3-6-12-27-21-9-5-4-8-17(21)16-25-20-11-10-18(24)15-19(20)23(22(25)26)28-13-7-14-29-23/h4-5,8-11,15H,2-3,6-7,12-14,16H2,1H3. The number of hydrogen-bond acceptors (Lipinski definition) is 4. The van der Waals surface area contributed by atoms with E-state index in [0.717, 1.165) is 42.7 Å². The minimum Gasteiger partial charge on any atom is -0.493 e. The molecule has 2 aromatic carbocycles. The van der Waals surface area contributed by atoms with Crippen LogP contribution >= 0.6 is 11.6 Å². The van der Waals surface area contributed by atoms with Crippen LogP contribution in [0.15, 0.2) is 42.5 Å². The van der Waals surface area contributed by atoms with Crippen LogP contribution in [0.2, 0.25) is 5.02 Å². The molecule has 0 aromatic heterocycles. The second kappa shape index (κ2) is 8.74. The number of halogens is 1. The molecule has 2 aliphatic rings. The number of unbranched alkanes of at least 4 members (excludes halogenated alkanes) is 2. The summed E-state index contributed by atoms with van der Waals surface area (Å²) in [5.41, 5.74) is 2.39. The molecule has 0 bridgehead atoms. The smallest absolute Gasteiger partial charge is 0.292 e. The summed E-state index contributed by atoms with van der Waals surface area (Å²) in [5.74, 6) is -0.802. The molecule has 29 heavy (non-hydrogen) atoms. The summed E-state index contributed by atoms with van der Waals surface area (Å²) in [6, 6.07) is 13.3. The third-order valence-electron chi connectivity index (χ3n) is 5.34. The summed E-state index contributed by atoms with van der Waals surface area (Å²) in [6.07, 6.45) is 4.06. The summed E-state index contributed by atoms with van der Waals surface area (Å²) < 4.78 is 17.8. The maximum Gasteiger partial charge on any atom is 0.292 e. The average molecular weight is 416 g/mol. The molecular formula is C23H26ClNO4. The molecule has 6 heteroatoms. The van der Waals surface area contributed by atoms with Crippen LogP contribution in [-0.4, -0.2) is 25.7 Å². The van der Waals surface area contributed by atoms with E-state index in [1.807, 2.05) is 30.3 Å². The zero-order valence-corrected chi connectivity index (χ0v) is 17.4. The Morgan fingerprint density at radius 1 is 1.14 bits per heavy atom. The van der Waals surface area contributed by atoms with Crippen molar-refractivity contribution < 1.29 is 19.0 Å². The van der Waals surface area contributed by atoms with Crippen LogP contribution in [0.4, 0.5) is 5.69 Å². The monoisotopic (exact) mass is 415 g/mol. The predicted molar refractivity (Wildman–Crippen MR) is 112 cm³/mol. The lowest BCUT2D eigenvalue weighted by Gasteiger charge is -2.32. The zero-order valence-electron chi connectivity index (χ0n) is 16.7. The van der Waals surface area contributed by atoms with Gasteiger partial charge in [-0.15, -0.1) is 0 Å². The average Bonchev–Trinajstić information content (AvgIpc) is 2.95. The molecule has 0 N–H and O–H groups in total. The Balaban J connectivity index is 1.62. The molecule has 4 rings (SSSR count). The molecule has 2 heterocycles. The Morgan fingerprint density at radius 2 is 1.93 bits per heavy atom. The van der Waals surface area contributed by atoms with Gasteiger partial charge in [-0.05, 0) is 37.1 Å². The van der Waals surface area contributed by atoms with E-state index in [0.29, 0.717) is 37.0 Å². The molecule has 0 aliphatic carbocycles. The minimum absolute atomic E-state index is 0.213. The lowest BCUT2D eigenvalue weighted by Crippen LogP contribution is -2.47. The van der Waals surface area contributed by atoms with Crippen LogP contribution in [0.3, 0.4) is 0 Å². The van der Waals surface area contributed by atoms with Crippen molar-refractivity contribution in [3.63, 3.8) is 0 Å². The highest BCUT2D eigenvalue weighted by Gasteiger charge is 2.55. The van der Waals surface area contributed by atoms with Gasteiger partial charge in [0, 0.05) is 16.1 Å². The predicted octanol–water partition coefficient (Wildman–Crippen LogP) is 5.05. The Morgan fingerprint density at radius 3 is 2.72 bits per heavy atom. The first-order valence-corrected chi connectivity index (χ1v) is 10.6. The second-order valence-corrected chi connectivity index (χ2v) is 7.82. The summed E-state index contributed by atoms with van der Waals surface area (Å²) >= 11 is 6.23. The van der Waals surface area contributed by atoms with E-state index in [-0.39, 0.29) is 5.91 Å². The SMILES string of the molecule is CCCCCOc1ccccc1CN1C(=O)C2(OCCCO2)c2cc(Cl)ccc21. The lowest BCUT2D eigenvalue weighted by atomic mass is 10.1. The van der Waals surface area contributed by atoms with Crippen molar-refractivity contribution in [2.24, 2.45) is 0 Å². The van der Waals surface area contributed by atoms with Gasteiger partial charge in [0.05, 0.1) is 32.1 Å². The number of hydrogen-bond donors (Lipinski definition) is 0. The number of amides is 1. The normalized spacial score (nSPS) is 17.6. The fourth-order valence-electron chi connectivity index (χ4n) is 3.86. The second-order valence-electron chi connectivity index (χ2n) is 7.38. The third-order valence-corrected chi connectivity index (χ3v) is 5.57. The first-order chi connectivity index (χ1) is 14.2. The van der Waals surface area contributed by atoms with Crippen LogP contribution in [0.5, 0.6) is 5.75 Å². The third kappa shape index (κ3) is 3.87. The van der Waals surface area contributed by atoms with Crippen LogP contribution in [0.25, 0.3) is 0 Å². The van der Waals surface area contributed by atoms with Gasteiger partial charge in [-0.2, -0.15) is 0 Å². The van der Waals surface area contributed by atoms with E-state index in [2.05, 4.69) is 6.92 Å². The van der Waals surface area contributed by atoms with E-state index in [1.54, 1.807) is 17.0 Å². The van der Waals surface area contributed by atoms with Crippen molar-refractivity contribution in [3.05, 3.63) is 58.6 Å². The van der Waals surface area contributed by atoms with Crippen molar-refractivity contribution in [2.75, 3.05) is 24.7 Å². The molecule has 1 amide bonds. The number of carbonyl (C=O) groups is 1. The lowest BCUT2D eigenvalue weighted by molar-refractivity contribution is -0.256. The number of ether oxygens (including phenoxy) is 3. The van der Waals surface area contributed by atoms with Crippen LogP contribution < -0.4 is 9.64 Å². The van der Waals surface area contributed by atoms with Gasteiger partial charge in [0.15, 0.2) is 0 Å². The molecule has 5 nitrogen and oxygen atoms in total. The Labute approximate surface area is 176 Å². The van der Waals surface area contributed by atoms with E-state index >= 15 is 0 Å². The fourth-order valence-corrected chi connectivity index (χ4v) is 4.03. The molecule has 0 radical (unpaired) electrons. The van der Waals surface area contributed by atoms with Gasteiger partial charge >= 0.3 is 0 Å². The van der Waals surface area contributed by atoms with Crippen molar-refractivity contribution in [1.29, 1.82) is 0 Å². The Hall–Kier alpha value is -2.08. The van der Waals surface area contributed by atoms with E-state index in [9.17, 15) is 4.79 Å². The number of anilines is 1. The van der Waals surface area contributed by atoms with Gasteiger partial charge in [-0.3, -0.25) is 4.79 Å². The van der Waals surface area contributed by atoms with Crippen molar-refractivity contribution in [3.8, 4) is 5.75 Å². The number of rotatable bonds is 7. The molecule has 0 saturated carbocycles. The molecule has 1 fully saturated rings. The van der Waals surface area contributed by atoms with E-state index in [4.69, 9.17) is 25.8 Å². The number of fused-ring (bicyclic) bond motifs is 2. The summed E-state index contributed by atoms with van der Waals surface area (Å²) in [5, 5.41) is 0.551. The van der Waals surface area contributed by atoms with Gasteiger partial charge < -0.3 is 19.1 Å². The molecule has 0 unspecified atom stereocenters. The highest BCUT2D eigenvalue weighted by molar-refractivity contribution is 6.31. The Bertz CT molecular complexity index is 879. The first kappa shape index (κ1) is 20.2. The maximum atomic E-state index is 13.5. The molecule has 154 valence electrons. The van der Waals surface area contributed by atoms with E-state index < -0.39 is 5.79 Å². The molecular weight excluding hydrogens is 390 g/mol.